The van der Waals surface area contributed by atoms with Crippen LogP contribution in [0.15, 0.2) is 12.1 Å². The van der Waals surface area contributed by atoms with Crippen molar-refractivity contribution in [2.24, 2.45) is 17.8 Å². The SMILES string of the molecule is CCc1nnc2ccc(N3CC4CN(C(=O)C5CC(F)(F)C5)CC4C3)nn12. The Hall–Kier alpha value is -2.32. The Morgan fingerprint density at radius 2 is 1.85 bits per heavy atom. The summed E-state index contributed by atoms with van der Waals surface area (Å²) in [7, 11) is 0. The van der Waals surface area contributed by atoms with Gasteiger partial charge in [0.05, 0.1) is 0 Å². The molecule has 7 nitrogen and oxygen atoms in total. The first-order chi connectivity index (χ1) is 12.9. The van der Waals surface area contributed by atoms with Crippen molar-refractivity contribution < 1.29 is 13.6 Å². The van der Waals surface area contributed by atoms with Gasteiger partial charge in [-0.25, -0.2) is 8.78 Å². The van der Waals surface area contributed by atoms with Gasteiger partial charge in [-0.3, -0.25) is 4.79 Å². The smallest absolute Gasteiger partial charge is 0.249 e. The summed E-state index contributed by atoms with van der Waals surface area (Å²) in [6, 6.07) is 3.89. The molecule has 2 aromatic heterocycles. The number of aromatic nitrogens is 4. The van der Waals surface area contributed by atoms with Gasteiger partial charge in [0.2, 0.25) is 11.8 Å². The molecule has 2 aliphatic heterocycles. The number of likely N-dealkylation sites (tertiary alicyclic amines) is 1. The standard InChI is InChI=1S/C18H22F2N6O/c1-2-14-21-22-15-3-4-16(23-26(14)15)24-7-12-9-25(10-13(12)8-24)17(27)11-5-18(19,20)6-11/h3-4,11-13H,2,5-10H2,1H3. The lowest BCUT2D eigenvalue weighted by Crippen LogP contribution is -2.46. The first kappa shape index (κ1) is 16.8. The van der Waals surface area contributed by atoms with Gasteiger partial charge in [-0.05, 0) is 12.1 Å². The van der Waals surface area contributed by atoms with Crippen LogP contribution in [-0.4, -0.2) is 62.7 Å². The number of hydrogen-bond donors (Lipinski definition) is 0. The Balaban J connectivity index is 1.25. The Kier molecular flexibility index (Phi) is 3.64. The van der Waals surface area contributed by atoms with Gasteiger partial charge in [0.25, 0.3) is 0 Å². The van der Waals surface area contributed by atoms with E-state index < -0.39 is 11.8 Å². The Morgan fingerprint density at radius 3 is 2.48 bits per heavy atom. The molecule has 0 aromatic carbocycles. The van der Waals surface area contributed by atoms with Crippen molar-refractivity contribution in [3.63, 3.8) is 0 Å². The average molecular weight is 376 g/mol. The zero-order valence-electron chi connectivity index (χ0n) is 15.2. The van der Waals surface area contributed by atoms with Crippen molar-refractivity contribution in [2.45, 2.75) is 32.1 Å². The van der Waals surface area contributed by atoms with Gasteiger partial charge >= 0.3 is 0 Å². The number of fused-ring (bicyclic) bond motifs is 2. The molecule has 2 atom stereocenters. The molecule has 144 valence electrons. The van der Waals surface area contributed by atoms with E-state index in [-0.39, 0.29) is 18.7 Å². The van der Waals surface area contributed by atoms with E-state index in [0.717, 1.165) is 36.8 Å². The van der Waals surface area contributed by atoms with Crippen molar-refractivity contribution in [1.29, 1.82) is 0 Å². The van der Waals surface area contributed by atoms with E-state index in [1.54, 1.807) is 9.42 Å². The molecule has 5 rings (SSSR count). The summed E-state index contributed by atoms with van der Waals surface area (Å²) in [4.78, 5) is 16.5. The van der Waals surface area contributed by atoms with Gasteiger partial charge in [0.15, 0.2) is 11.5 Å². The van der Waals surface area contributed by atoms with Crippen LogP contribution in [0.25, 0.3) is 5.65 Å². The van der Waals surface area contributed by atoms with Crippen molar-refractivity contribution in [3.05, 3.63) is 18.0 Å². The zero-order valence-corrected chi connectivity index (χ0v) is 15.2. The molecule has 1 saturated carbocycles. The van der Waals surface area contributed by atoms with Gasteiger partial charge in [0, 0.05) is 63.2 Å². The van der Waals surface area contributed by atoms with Crippen LogP contribution in [0.1, 0.15) is 25.6 Å². The third kappa shape index (κ3) is 2.74. The Labute approximate surface area is 155 Å². The molecule has 1 amide bonds. The maximum Gasteiger partial charge on any atom is 0.249 e. The number of nitrogens with zero attached hydrogens (tertiary/aromatic N) is 6. The fourth-order valence-corrected chi connectivity index (χ4v) is 4.67. The number of anilines is 1. The second kappa shape index (κ2) is 5.84. The second-order valence-electron chi connectivity index (χ2n) is 8.06. The van der Waals surface area contributed by atoms with E-state index in [1.165, 1.54) is 0 Å². The van der Waals surface area contributed by atoms with Crippen LogP contribution in [0.5, 0.6) is 0 Å². The molecule has 0 spiro atoms. The summed E-state index contributed by atoms with van der Waals surface area (Å²) >= 11 is 0. The molecule has 0 bridgehead atoms. The van der Waals surface area contributed by atoms with Gasteiger partial charge < -0.3 is 9.80 Å². The van der Waals surface area contributed by atoms with Crippen LogP contribution in [-0.2, 0) is 11.2 Å². The third-order valence-corrected chi connectivity index (χ3v) is 6.19. The van der Waals surface area contributed by atoms with Gasteiger partial charge in [-0.1, -0.05) is 6.92 Å². The number of hydrogen-bond acceptors (Lipinski definition) is 5. The number of carbonyl (C=O) groups is 1. The van der Waals surface area contributed by atoms with Crippen LogP contribution in [0, 0.1) is 17.8 Å². The lowest BCUT2D eigenvalue weighted by molar-refractivity contribution is -0.159. The predicted molar refractivity (Wildman–Crippen MR) is 93.6 cm³/mol. The van der Waals surface area contributed by atoms with Crippen LogP contribution in [0.3, 0.4) is 0 Å². The predicted octanol–water partition coefficient (Wildman–Crippen LogP) is 1.63. The number of carbonyl (C=O) groups excluding carboxylic acids is 1. The third-order valence-electron chi connectivity index (χ3n) is 6.19. The fraction of sp³-hybridized carbons (Fsp3) is 0.667. The van der Waals surface area contributed by atoms with Crippen LogP contribution >= 0.6 is 0 Å². The summed E-state index contributed by atoms with van der Waals surface area (Å²) in [5, 5.41) is 13.0. The summed E-state index contributed by atoms with van der Waals surface area (Å²) in [5.41, 5.74) is 0.740. The highest BCUT2D eigenvalue weighted by Crippen LogP contribution is 2.44. The average Bonchev–Trinajstić information content (AvgIpc) is 3.30. The van der Waals surface area contributed by atoms with Crippen molar-refractivity contribution >= 4 is 17.4 Å². The molecule has 2 aromatic rings. The second-order valence-corrected chi connectivity index (χ2v) is 8.06. The lowest BCUT2D eigenvalue weighted by atomic mass is 9.80. The van der Waals surface area contributed by atoms with Crippen LogP contribution in [0.2, 0.25) is 0 Å². The number of alkyl halides is 2. The molecule has 2 unspecified atom stereocenters. The van der Waals surface area contributed by atoms with E-state index in [4.69, 9.17) is 0 Å². The molecule has 9 heteroatoms. The van der Waals surface area contributed by atoms with Gasteiger partial charge in [-0.15, -0.1) is 15.3 Å². The van der Waals surface area contributed by atoms with Crippen molar-refractivity contribution in [2.75, 3.05) is 31.1 Å². The number of amides is 1. The van der Waals surface area contributed by atoms with Crippen molar-refractivity contribution in [3.8, 4) is 0 Å². The normalized spacial score (nSPS) is 27.2. The highest BCUT2D eigenvalue weighted by atomic mass is 19.3. The minimum Gasteiger partial charge on any atom is -0.354 e. The quantitative estimate of drug-likeness (QED) is 0.815. The molecular formula is C18H22F2N6O. The molecule has 27 heavy (non-hydrogen) atoms. The highest BCUT2D eigenvalue weighted by molar-refractivity contribution is 5.80. The maximum absolute atomic E-state index is 13.1. The molecule has 0 N–H and O–H groups in total. The summed E-state index contributed by atoms with van der Waals surface area (Å²) in [6.07, 6.45) is 0.193. The molecule has 0 radical (unpaired) electrons. The van der Waals surface area contributed by atoms with E-state index in [1.807, 2.05) is 19.1 Å². The lowest BCUT2D eigenvalue weighted by Gasteiger charge is -2.36. The fourth-order valence-electron chi connectivity index (χ4n) is 4.67. The van der Waals surface area contributed by atoms with Gasteiger partial charge in [-0.2, -0.15) is 4.52 Å². The molecule has 2 saturated heterocycles. The van der Waals surface area contributed by atoms with Crippen molar-refractivity contribution in [1.82, 2.24) is 24.7 Å². The minimum absolute atomic E-state index is 0.0847. The molecule has 3 fully saturated rings. The summed E-state index contributed by atoms with van der Waals surface area (Å²) in [6.45, 7) is 5.01. The molecule has 3 aliphatic rings. The van der Waals surface area contributed by atoms with E-state index in [9.17, 15) is 13.6 Å². The Morgan fingerprint density at radius 1 is 1.15 bits per heavy atom. The van der Waals surface area contributed by atoms with E-state index in [0.29, 0.717) is 24.9 Å². The van der Waals surface area contributed by atoms with Crippen LogP contribution in [0.4, 0.5) is 14.6 Å². The van der Waals surface area contributed by atoms with E-state index in [2.05, 4.69) is 20.2 Å². The number of rotatable bonds is 3. The minimum atomic E-state index is -2.64. The summed E-state index contributed by atoms with van der Waals surface area (Å²) < 4.78 is 27.9. The highest BCUT2D eigenvalue weighted by Gasteiger charge is 2.51. The largest absolute Gasteiger partial charge is 0.354 e. The molecule has 1 aliphatic carbocycles. The Bertz CT molecular complexity index is 877. The monoisotopic (exact) mass is 376 g/mol. The number of halogens is 2. The zero-order chi connectivity index (χ0) is 18.8. The molecule has 4 heterocycles. The van der Waals surface area contributed by atoms with E-state index >= 15 is 0 Å². The molecular weight excluding hydrogens is 354 g/mol. The summed E-state index contributed by atoms with van der Waals surface area (Å²) in [5.74, 6) is -0.740. The van der Waals surface area contributed by atoms with Gasteiger partial charge in [0.1, 0.15) is 5.82 Å². The topological polar surface area (TPSA) is 66.6 Å². The number of aryl methyl sites for hydroxylation is 1. The maximum atomic E-state index is 13.1. The first-order valence-electron chi connectivity index (χ1n) is 9.56. The first-order valence-corrected chi connectivity index (χ1v) is 9.56. The van der Waals surface area contributed by atoms with Crippen LogP contribution < -0.4 is 4.90 Å².